The van der Waals surface area contributed by atoms with Crippen LogP contribution in [0.15, 0.2) is 102 Å². The van der Waals surface area contributed by atoms with E-state index in [1.54, 1.807) is 48.2 Å². The van der Waals surface area contributed by atoms with E-state index in [2.05, 4.69) is 9.62 Å². The Morgan fingerprint density at radius 2 is 1.67 bits per heavy atom. The van der Waals surface area contributed by atoms with Gasteiger partial charge in [0.15, 0.2) is 0 Å². The fourth-order valence-electron chi connectivity index (χ4n) is 5.41. The Balaban J connectivity index is 1.34. The predicted octanol–water partition coefficient (Wildman–Crippen LogP) is 5.94. The molecule has 0 saturated heterocycles. The number of ether oxygens (including phenoxy) is 2. The van der Waals surface area contributed by atoms with E-state index in [1.807, 2.05) is 75.5 Å². The van der Waals surface area contributed by atoms with Gasteiger partial charge in [-0.3, -0.25) is 14.4 Å². The Kier molecular flexibility index (Phi) is 10.3. The summed E-state index contributed by atoms with van der Waals surface area (Å²) in [5, 5.41) is 10.00. The lowest BCUT2D eigenvalue weighted by molar-refractivity contribution is 0.0341. The summed E-state index contributed by atoms with van der Waals surface area (Å²) in [6.07, 6.45) is -0.291. The van der Waals surface area contributed by atoms with E-state index in [9.17, 15) is 18.3 Å². The molecule has 4 aromatic rings. The summed E-state index contributed by atoms with van der Waals surface area (Å²) in [5.74, 6) is 1.52. The second-order valence-electron chi connectivity index (χ2n) is 12.0. The van der Waals surface area contributed by atoms with Gasteiger partial charge in [-0.1, -0.05) is 55.0 Å². The lowest BCUT2D eigenvalue weighted by Gasteiger charge is -2.38. The molecule has 0 spiro atoms. The number of anilines is 1. The van der Waals surface area contributed by atoms with E-state index in [0.717, 1.165) is 22.6 Å². The first-order valence-electron chi connectivity index (χ1n) is 15.3. The summed E-state index contributed by atoms with van der Waals surface area (Å²) in [4.78, 5) is 17.7. The monoisotopic (exact) mass is 643 g/mol. The van der Waals surface area contributed by atoms with Crippen LogP contribution in [0.3, 0.4) is 0 Å². The fourth-order valence-corrected chi connectivity index (χ4v) is 6.46. The van der Waals surface area contributed by atoms with Crippen molar-refractivity contribution in [3.63, 3.8) is 0 Å². The van der Waals surface area contributed by atoms with Crippen LogP contribution in [0.2, 0.25) is 0 Å². The van der Waals surface area contributed by atoms with Gasteiger partial charge in [-0.15, -0.1) is 0 Å². The average molecular weight is 644 g/mol. The van der Waals surface area contributed by atoms with Crippen LogP contribution < -0.4 is 14.2 Å². The molecule has 0 aromatic heterocycles. The Morgan fingerprint density at radius 3 is 2.35 bits per heavy atom. The molecule has 0 fully saturated rings. The van der Waals surface area contributed by atoms with Crippen molar-refractivity contribution in [2.45, 2.75) is 44.4 Å². The van der Waals surface area contributed by atoms with Crippen LogP contribution in [-0.2, 0) is 16.6 Å². The smallest absolute Gasteiger partial charge is 0.261 e. The lowest BCUT2D eigenvalue weighted by atomic mass is 9.99. The maximum absolute atomic E-state index is 13.8. The summed E-state index contributed by atoms with van der Waals surface area (Å²) >= 11 is 0. The van der Waals surface area contributed by atoms with Gasteiger partial charge in [0.2, 0.25) is 0 Å². The van der Waals surface area contributed by atoms with Crippen molar-refractivity contribution in [3.05, 3.63) is 114 Å². The number of nitrogens with one attached hydrogen (secondary N) is 1. The van der Waals surface area contributed by atoms with Gasteiger partial charge in [0.1, 0.15) is 23.4 Å². The molecule has 1 heterocycles. The Bertz CT molecular complexity index is 1730. The summed E-state index contributed by atoms with van der Waals surface area (Å²) in [5.41, 5.74) is 2.53. The molecular formula is C36H41N3O6S. The average Bonchev–Trinajstić information content (AvgIpc) is 3.04. The molecule has 0 saturated carbocycles. The van der Waals surface area contributed by atoms with E-state index >= 15 is 0 Å². The number of sulfonamides is 1. The number of carbonyl (C=O) groups is 1. The van der Waals surface area contributed by atoms with E-state index < -0.39 is 16.1 Å². The highest BCUT2D eigenvalue weighted by Crippen LogP contribution is 2.32. The highest BCUT2D eigenvalue weighted by atomic mass is 32.2. The number of benzene rings is 4. The molecule has 9 nitrogen and oxygen atoms in total. The van der Waals surface area contributed by atoms with Crippen LogP contribution in [0.1, 0.15) is 35.3 Å². The standard InChI is InChI=1S/C36H41N3O6S/c1-25-10-17-32(18-11-25)46(42,43)37-29-14-19-34-33(20-29)36(41)39(27(3)24-40)21-26(2)35(45-34)23-38(4)22-28-12-15-31(16-13-28)44-30-8-6-5-7-9-30/h5-20,26-27,35,37,40H,21-24H2,1-4H3/t26-,27-,35+/m0/s1. The normalized spacial score (nSPS) is 17.4. The quantitative estimate of drug-likeness (QED) is 0.208. The van der Waals surface area contributed by atoms with Gasteiger partial charge in [0.25, 0.3) is 15.9 Å². The van der Waals surface area contributed by atoms with Gasteiger partial charge in [-0.2, -0.15) is 0 Å². The molecule has 1 aliphatic rings. The summed E-state index contributed by atoms with van der Waals surface area (Å²) in [6, 6.07) is 28.5. The van der Waals surface area contributed by atoms with Crippen molar-refractivity contribution in [3.8, 4) is 17.2 Å². The first kappa shape index (κ1) is 33.0. The molecule has 1 amide bonds. The molecule has 46 heavy (non-hydrogen) atoms. The number of rotatable bonds is 11. The Morgan fingerprint density at radius 1 is 1.00 bits per heavy atom. The number of aliphatic hydroxyl groups is 1. The Hall–Kier alpha value is -4.38. The van der Waals surface area contributed by atoms with Crippen LogP contribution in [0.25, 0.3) is 0 Å². The zero-order valence-electron chi connectivity index (χ0n) is 26.6. The second kappa shape index (κ2) is 14.4. The molecule has 5 rings (SSSR count). The third kappa shape index (κ3) is 8.06. The molecule has 242 valence electrons. The first-order valence-corrected chi connectivity index (χ1v) is 16.8. The second-order valence-corrected chi connectivity index (χ2v) is 13.7. The molecule has 10 heteroatoms. The largest absolute Gasteiger partial charge is 0.488 e. The van der Waals surface area contributed by atoms with Gasteiger partial charge in [-0.05, 0) is 81.1 Å². The number of amides is 1. The summed E-state index contributed by atoms with van der Waals surface area (Å²) in [6.45, 7) is 7.11. The van der Waals surface area contributed by atoms with Crippen LogP contribution in [-0.4, -0.2) is 68.1 Å². The van der Waals surface area contributed by atoms with E-state index in [0.29, 0.717) is 25.4 Å². The summed E-state index contributed by atoms with van der Waals surface area (Å²) < 4.78 is 41.2. The van der Waals surface area contributed by atoms with Crippen molar-refractivity contribution in [2.24, 2.45) is 5.92 Å². The van der Waals surface area contributed by atoms with E-state index in [-0.39, 0.29) is 40.7 Å². The van der Waals surface area contributed by atoms with Gasteiger partial charge < -0.3 is 19.5 Å². The van der Waals surface area contributed by atoms with Crippen molar-refractivity contribution in [1.82, 2.24) is 9.80 Å². The molecular weight excluding hydrogens is 602 g/mol. The molecule has 0 unspecified atom stereocenters. The molecule has 0 bridgehead atoms. The highest BCUT2D eigenvalue weighted by molar-refractivity contribution is 7.92. The minimum atomic E-state index is -3.88. The van der Waals surface area contributed by atoms with Gasteiger partial charge in [-0.25, -0.2) is 8.42 Å². The SMILES string of the molecule is Cc1ccc(S(=O)(=O)Nc2ccc3c(c2)C(=O)N([C@@H](C)CO)C[C@H](C)[C@@H](CN(C)Cc2ccc(Oc4ccccc4)cc2)O3)cc1. The number of para-hydroxylation sites is 1. The maximum Gasteiger partial charge on any atom is 0.261 e. The van der Waals surface area contributed by atoms with Gasteiger partial charge in [0, 0.05) is 31.2 Å². The molecule has 2 N–H and O–H groups in total. The van der Waals surface area contributed by atoms with Crippen molar-refractivity contribution >= 4 is 21.6 Å². The topological polar surface area (TPSA) is 108 Å². The van der Waals surface area contributed by atoms with E-state index in [1.165, 1.54) is 6.07 Å². The fraction of sp³-hybridized carbons (Fsp3) is 0.306. The lowest BCUT2D eigenvalue weighted by Crippen LogP contribution is -2.49. The van der Waals surface area contributed by atoms with Crippen molar-refractivity contribution < 1.29 is 27.8 Å². The minimum Gasteiger partial charge on any atom is -0.488 e. The minimum absolute atomic E-state index is 0.0603. The highest BCUT2D eigenvalue weighted by Gasteiger charge is 2.33. The molecule has 3 atom stereocenters. The van der Waals surface area contributed by atoms with Crippen LogP contribution in [0.5, 0.6) is 17.2 Å². The zero-order chi connectivity index (χ0) is 32.8. The zero-order valence-corrected chi connectivity index (χ0v) is 27.4. The number of fused-ring (bicyclic) bond motifs is 1. The predicted molar refractivity (Wildman–Crippen MR) is 179 cm³/mol. The number of aryl methyl sites for hydroxylation is 1. The molecule has 0 aliphatic carbocycles. The summed E-state index contributed by atoms with van der Waals surface area (Å²) in [7, 11) is -1.86. The van der Waals surface area contributed by atoms with Crippen molar-refractivity contribution in [2.75, 3.05) is 31.5 Å². The van der Waals surface area contributed by atoms with Gasteiger partial charge >= 0.3 is 0 Å². The van der Waals surface area contributed by atoms with Crippen LogP contribution in [0, 0.1) is 12.8 Å². The number of likely N-dealkylation sites (N-methyl/N-ethyl adjacent to an activating group) is 1. The number of carbonyl (C=O) groups excluding carboxylic acids is 1. The first-order chi connectivity index (χ1) is 22.0. The third-order valence-corrected chi connectivity index (χ3v) is 9.49. The van der Waals surface area contributed by atoms with Gasteiger partial charge in [0.05, 0.1) is 23.1 Å². The van der Waals surface area contributed by atoms with Crippen LogP contribution in [0.4, 0.5) is 5.69 Å². The van der Waals surface area contributed by atoms with Crippen molar-refractivity contribution in [1.29, 1.82) is 0 Å². The molecule has 1 aliphatic heterocycles. The number of aliphatic hydroxyl groups excluding tert-OH is 1. The molecule has 0 radical (unpaired) electrons. The number of nitrogens with zero attached hydrogens (tertiary/aromatic N) is 2. The maximum atomic E-state index is 13.8. The molecule has 4 aromatic carbocycles. The van der Waals surface area contributed by atoms with E-state index in [4.69, 9.17) is 9.47 Å². The Labute approximate surface area is 271 Å². The van der Waals surface area contributed by atoms with Crippen LogP contribution >= 0.6 is 0 Å². The number of hydrogen-bond acceptors (Lipinski definition) is 7. The third-order valence-electron chi connectivity index (χ3n) is 8.09. The number of hydrogen-bond donors (Lipinski definition) is 2.